The number of hydrogen-bond donors (Lipinski definition) is 1. The van der Waals surface area contributed by atoms with E-state index in [4.69, 9.17) is 4.74 Å². The smallest absolute Gasteiger partial charge is 0.265 e. The number of thiophene rings is 1. The molecular formula is C18H16N2O2S. The van der Waals surface area contributed by atoms with Crippen LogP contribution in [-0.2, 0) is 6.54 Å². The molecule has 1 amide bonds. The standard InChI is InChI=1S/C18H16N2O2S/c1-22-15-11-16(14-5-3-2-4-6-14)23-17(15)18(21)20-12-13-7-9-19-10-8-13/h2-11H,12H2,1H3,(H,20,21). The number of carbonyl (C=O) groups is 1. The maximum atomic E-state index is 12.4. The number of benzene rings is 1. The van der Waals surface area contributed by atoms with Crippen LogP contribution in [0.15, 0.2) is 60.9 Å². The van der Waals surface area contributed by atoms with Crippen LogP contribution < -0.4 is 10.1 Å². The SMILES string of the molecule is COc1cc(-c2ccccc2)sc1C(=O)NCc1ccncc1. The summed E-state index contributed by atoms with van der Waals surface area (Å²) in [6.45, 7) is 0.461. The highest BCUT2D eigenvalue weighted by Gasteiger charge is 2.17. The molecule has 0 aliphatic heterocycles. The van der Waals surface area contributed by atoms with Crippen LogP contribution in [0.1, 0.15) is 15.2 Å². The fraction of sp³-hybridized carbons (Fsp3) is 0.111. The first-order chi connectivity index (χ1) is 11.3. The predicted octanol–water partition coefficient (Wildman–Crippen LogP) is 3.75. The van der Waals surface area contributed by atoms with Gasteiger partial charge in [0.2, 0.25) is 0 Å². The number of ether oxygens (including phenoxy) is 1. The second-order valence-electron chi connectivity index (χ2n) is 4.91. The van der Waals surface area contributed by atoms with Crippen LogP contribution in [0.3, 0.4) is 0 Å². The van der Waals surface area contributed by atoms with Gasteiger partial charge in [-0.3, -0.25) is 9.78 Å². The van der Waals surface area contributed by atoms with E-state index in [1.54, 1.807) is 19.5 Å². The zero-order valence-electron chi connectivity index (χ0n) is 12.7. The molecule has 1 aromatic carbocycles. The summed E-state index contributed by atoms with van der Waals surface area (Å²) in [5.41, 5.74) is 2.08. The number of hydrogen-bond acceptors (Lipinski definition) is 4. The lowest BCUT2D eigenvalue weighted by atomic mass is 10.2. The Bertz CT molecular complexity index is 785. The number of methoxy groups -OCH3 is 1. The van der Waals surface area contributed by atoms with Crippen molar-refractivity contribution < 1.29 is 9.53 Å². The van der Waals surface area contributed by atoms with Gasteiger partial charge < -0.3 is 10.1 Å². The summed E-state index contributed by atoms with van der Waals surface area (Å²) >= 11 is 1.43. The molecule has 0 radical (unpaired) electrons. The monoisotopic (exact) mass is 324 g/mol. The number of amides is 1. The Morgan fingerprint density at radius 3 is 2.61 bits per heavy atom. The number of nitrogens with zero attached hydrogens (tertiary/aromatic N) is 1. The number of rotatable bonds is 5. The summed E-state index contributed by atoms with van der Waals surface area (Å²) in [6.07, 6.45) is 3.42. The van der Waals surface area contributed by atoms with Crippen molar-refractivity contribution in [2.45, 2.75) is 6.54 Å². The highest BCUT2D eigenvalue weighted by Crippen LogP contribution is 2.36. The van der Waals surface area contributed by atoms with Crippen molar-refractivity contribution in [2.75, 3.05) is 7.11 Å². The van der Waals surface area contributed by atoms with Crippen LogP contribution in [-0.4, -0.2) is 18.0 Å². The Hall–Kier alpha value is -2.66. The summed E-state index contributed by atoms with van der Waals surface area (Å²) in [7, 11) is 1.58. The summed E-state index contributed by atoms with van der Waals surface area (Å²) in [4.78, 5) is 18.0. The molecule has 0 saturated carbocycles. The van der Waals surface area contributed by atoms with E-state index in [1.165, 1.54) is 11.3 Å². The molecule has 0 aliphatic carbocycles. The molecule has 0 saturated heterocycles. The van der Waals surface area contributed by atoms with Crippen molar-refractivity contribution in [3.05, 3.63) is 71.4 Å². The molecule has 0 unspecified atom stereocenters. The Balaban J connectivity index is 1.79. The quantitative estimate of drug-likeness (QED) is 0.777. The van der Waals surface area contributed by atoms with Crippen molar-refractivity contribution >= 4 is 17.2 Å². The van der Waals surface area contributed by atoms with Gasteiger partial charge in [-0.05, 0) is 29.3 Å². The number of carbonyl (C=O) groups excluding carboxylic acids is 1. The zero-order chi connectivity index (χ0) is 16.1. The zero-order valence-corrected chi connectivity index (χ0v) is 13.5. The highest BCUT2D eigenvalue weighted by atomic mass is 32.1. The Kier molecular flexibility index (Phi) is 4.68. The molecule has 0 aliphatic rings. The fourth-order valence-electron chi connectivity index (χ4n) is 2.19. The minimum atomic E-state index is -0.133. The Labute approximate surface area is 138 Å². The molecule has 2 aromatic heterocycles. The van der Waals surface area contributed by atoms with Gasteiger partial charge in [-0.2, -0.15) is 0 Å². The van der Waals surface area contributed by atoms with Gasteiger partial charge in [-0.1, -0.05) is 30.3 Å². The van der Waals surface area contributed by atoms with Crippen molar-refractivity contribution in [1.82, 2.24) is 10.3 Å². The van der Waals surface area contributed by atoms with Crippen molar-refractivity contribution in [1.29, 1.82) is 0 Å². The van der Waals surface area contributed by atoms with E-state index in [0.717, 1.165) is 16.0 Å². The number of pyridine rings is 1. The lowest BCUT2D eigenvalue weighted by Gasteiger charge is -2.05. The molecular weight excluding hydrogens is 308 g/mol. The third kappa shape index (κ3) is 3.57. The van der Waals surface area contributed by atoms with Gasteiger partial charge in [0.15, 0.2) is 0 Å². The van der Waals surface area contributed by atoms with Crippen molar-refractivity contribution in [3.8, 4) is 16.2 Å². The minimum Gasteiger partial charge on any atom is -0.495 e. The van der Waals surface area contributed by atoms with Gasteiger partial charge >= 0.3 is 0 Å². The van der Waals surface area contributed by atoms with Gasteiger partial charge in [-0.25, -0.2) is 0 Å². The first-order valence-corrected chi connectivity index (χ1v) is 8.00. The van der Waals surface area contributed by atoms with E-state index in [9.17, 15) is 4.79 Å². The number of aromatic nitrogens is 1. The number of nitrogens with one attached hydrogen (secondary N) is 1. The van der Waals surface area contributed by atoms with Crippen LogP contribution in [0.25, 0.3) is 10.4 Å². The molecule has 0 atom stereocenters. The molecule has 3 rings (SSSR count). The van der Waals surface area contributed by atoms with Crippen molar-refractivity contribution in [2.24, 2.45) is 0 Å². The van der Waals surface area contributed by atoms with Gasteiger partial charge in [0.1, 0.15) is 10.6 Å². The maximum absolute atomic E-state index is 12.4. The second-order valence-corrected chi connectivity index (χ2v) is 5.96. The van der Waals surface area contributed by atoms with Crippen LogP contribution >= 0.6 is 11.3 Å². The molecule has 4 nitrogen and oxygen atoms in total. The van der Waals surface area contributed by atoms with Gasteiger partial charge in [0, 0.05) is 23.8 Å². The van der Waals surface area contributed by atoms with Crippen LogP contribution in [0.4, 0.5) is 0 Å². The molecule has 0 fully saturated rings. The summed E-state index contributed by atoms with van der Waals surface area (Å²) in [6, 6.07) is 15.6. The summed E-state index contributed by atoms with van der Waals surface area (Å²) in [5.74, 6) is 0.465. The van der Waals surface area contributed by atoms with Crippen molar-refractivity contribution in [3.63, 3.8) is 0 Å². The summed E-state index contributed by atoms with van der Waals surface area (Å²) in [5, 5.41) is 2.92. The maximum Gasteiger partial charge on any atom is 0.265 e. The largest absolute Gasteiger partial charge is 0.495 e. The fourth-order valence-corrected chi connectivity index (χ4v) is 3.24. The first-order valence-electron chi connectivity index (χ1n) is 7.18. The van der Waals surface area contributed by atoms with E-state index in [2.05, 4.69) is 10.3 Å². The van der Waals surface area contributed by atoms with Crippen LogP contribution in [0.5, 0.6) is 5.75 Å². The lowest BCUT2D eigenvalue weighted by Crippen LogP contribution is -2.22. The third-order valence-electron chi connectivity index (χ3n) is 3.38. The van der Waals surface area contributed by atoms with E-state index in [-0.39, 0.29) is 5.91 Å². The summed E-state index contributed by atoms with van der Waals surface area (Å²) < 4.78 is 5.36. The average molecular weight is 324 g/mol. The van der Waals surface area contributed by atoms with Crippen LogP contribution in [0.2, 0.25) is 0 Å². The molecule has 0 bridgehead atoms. The van der Waals surface area contributed by atoms with Gasteiger partial charge in [0.05, 0.1) is 7.11 Å². The molecule has 3 aromatic rings. The molecule has 23 heavy (non-hydrogen) atoms. The Morgan fingerprint density at radius 2 is 1.91 bits per heavy atom. The highest BCUT2D eigenvalue weighted by molar-refractivity contribution is 7.17. The predicted molar refractivity (Wildman–Crippen MR) is 91.7 cm³/mol. The van der Waals surface area contributed by atoms with E-state index < -0.39 is 0 Å². The van der Waals surface area contributed by atoms with E-state index in [1.807, 2.05) is 48.5 Å². The first kappa shape index (κ1) is 15.2. The molecule has 2 heterocycles. The minimum absolute atomic E-state index is 0.133. The normalized spacial score (nSPS) is 10.3. The average Bonchev–Trinajstić information content (AvgIpc) is 3.06. The van der Waals surface area contributed by atoms with Gasteiger partial charge in [-0.15, -0.1) is 11.3 Å². The van der Waals surface area contributed by atoms with E-state index >= 15 is 0 Å². The Morgan fingerprint density at radius 1 is 1.17 bits per heavy atom. The topological polar surface area (TPSA) is 51.2 Å². The lowest BCUT2D eigenvalue weighted by molar-refractivity contribution is 0.0952. The van der Waals surface area contributed by atoms with Crippen LogP contribution in [0, 0.1) is 0 Å². The second kappa shape index (κ2) is 7.07. The third-order valence-corrected chi connectivity index (χ3v) is 4.55. The van der Waals surface area contributed by atoms with E-state index in [0.29, 0.717) is 17.2 Å². The molecule has 1 N–H and O–H groups in total. The molecule has 116 valence electrons. The molecule has 0 spiro atoms. The van der Waals surface area contributed by atoms with Gasteiger partial charge in [0.25, 0.3) is 5.91 Å². The molecule has 5 heteroatoms.